The van der Waals surface area contributed by atoms with Gasteiger partial charge in [-0.3, -0.25) is 4.79 Å². The fraction of sp³-hybridized carbons (Fsp3) is 0.727. The first-order valence-corrected chi connectivity index (χ1v) is 4.93. The van der Waals surface area contributed by atoms with Gasteiger partial charge in [0.15, 0.2) is 0 Å². The van der Waals surface area contributed by atoms with E-state index in [2.05, 4.69) is 18.6 Å². The van der Waals surface area contributed by atoms with E-state index in [1.165, 1.54) is 31.9 Å². The van der Waals surface area contributed by atoms with Gasteiger partial charge in [-0.05, 0) is 19.8 Å². The number of methoxy groups -OCH3 is 1. The van der Waals surface area contributed by atoms with Gasteiger partial charge in [-0.15, -0.1) is 0 Å². The number of hydrogen-bond acceptors (Lipinski definition) is 2. The van der Waals surface area contributed by atoms with E-state index in [1.807, 2.05) is 6.08 Å². The number of allylic oxidation sites excluding steroid dienone is 1. The molecule has 0 aliphatic rings. The molecule has 0 aromatic rings. The molecule has 0 bridgehead atoms. The Morgan fingerprint density at radius 1 is 1.38 bits per heavy atom. The van der Waals surface area contributed by atoms with Crippen LogP contribution in [0.4, 0.5) is 0 Å². The second-order valence-electron chi connectivity index (χ2n) is 3.29. The first-order chi connectivity index (χ1) is 6.20. The summed E-state index contributed by atoms with van der Waals surface area (Å²) in [6.45, 7) is 4.26. The quantitative estimate of drug-likeness (QED) is 0.360. The van der Waals surface area contributed by atoms with Gasteiger partial charge in [0, 0.05) is 0 Å². The largest absolute Gasteiger partial charge is 0.469 e. The van der Waals surface area contributed by atoms with Crippen molar-refractivity contribution in [2.75, 3.05) is 7.11 Å². The smallest absolute Gasteiger partial charge is 0.309 e. The SMILES string of the molecule is CCCCC/C(C)=C\CC(=O)OC. The van der Waals surface area contributed by atoms with Crippen LogP contribution in [0.15, 0.2) is 11.6 Å². The Morgan fingerprint density at radius 3 is 2.62 bits per heavy atom. The predicted molar refractivity (Wildman–Crippen MR) is 54.5 cm³/mol. The lowest BCUT2D eigenvalue weighted by atomic mass is 10.1. The molecule has 0 aliphatic heterocycles. The van der Waals surface area contributed by atoms with Gasteiger partial charge < -0.3 is 4.74 Å². The van der Waals surface area contributed by atoms with Gasteiger partial charge >= 0.3 is 5.97 Å². The van der Waals surface area contributed by atoms with Crippen molar-refractivity contribution in [1.29, 1.82) is 0 Å². The first kappa shape index (κ1) is 12.2. The minimum Gasteiger partial charge on any atom is -0.469 e. The van der Waals surface area contributed by atoms with Crippen LogP contribution >= 0.6 is 0 Å². The highest BCUT2D eigenvalue weighted by atomic mass is 16.5. The Labute approximate surface area is 81.0 Å². The third kappa shape index (κ3) is 7.57. The van der Waals surface area contributed by atoms with E-state index in [0.29, 0.717) is 6.42 Å². The van der Waals surface area contributed by atoms with Gasteiger partial charge in [-0.25, -0.2) is 0 Å². The zero-order chi connectivity index (χ0) is 10.1. The molecule has 13 heavy (non-hydrogen) atoms. The molecule has 0 heterocycles. The Bertz CT molecular complexity index is 171. The van der Waals surface area contributed by atoms with E-state index in [9.17, 15) is 4.79 Å². The average Bonchev–Trinajstić information content (AvgIpc) is 2.14. The lowest BCUT2D eigenvalue weighted by Gasteiger charge is -2.00. The van der Waals surface area contributed by atoms with Crippen LogP contribution < -0.4 is 0 Å². The van der Waals surface area contributed by atoms with Crippen LogP contribution in [0, 0.1) is 0 Å². The lowest BCUT2D eigenvalue weighted by Crippen LogP contribution is -1.97. The normalized spacial score (nSPS) is 11.5. The van der Waals surface area contributed by atoms with Crippen molar-refractivity contribution in [3.05, 3.63) is 11.6 Å². The molecule has 76 valence electrons. The van der Waals surface area contributed by atoms with E-state index < -0.39 is 0 Å². The van der Waals surface area contributed by atoms with Crippen molar-refractivity contribution in [3.63, 3.8) is 0 Å². The van der Waals surface area contributed by atoms with E-state index in [1.54, 1.807) is 0 Å². The number of ether oxygens (including phenoxy) is 1. The van der Waals surface area contributed by atoms with Gasteiger partial charge in [-0.2, -0.15) is 0 Å². The topological polar surface area (TPSA) is 26.3 Å². The monoisotopic (exact) mass is 184 g/mol. The third-order valence-electron chi connectivity index (χ3n) is 2.02. The lowest BCUT2D eigenvalue weighted by molar-refractivity contribution is -0.139. The zero-order valence-corrected chi connectivity index (χ0v) is 8.93. The number of carbonyl (C=O) groups is 1. The number of rotatable bonds is 6. The summed E-state index contributed by atoms with van der Waals surface area (Å²) in [6, 6.07) is 0. The maximum atomic E-state index is 10.8. The number of esters is 1. The third-order valence-corrected chi connectivity index (χ3v) is 2.02. The minimum absolute atomic E-state index is 0.158. The maximum Gasteiger partial charge on any atom is 0.309 e. The van der Waals surface area contributed by atoms with Gasteiger partial charge in [-0.1, -0.05) is 31.4 Å². The molecule has 0 saturated heterocycles. The van der Waals surface area contributed by atoms with Gasteiger partial charge in [0.05, 0.1) is 13.5 Å². The molecule has 2 heteroatoms. The van der Waals surface area contributed by atoms with E-state index in [0.717, 1.165) is 6.42 Å². The van der Waals surface area contributed by atoms with Crippen molar-refractivity contribution in [2.24, 2.45) is 0 Å². The minimum atomic E-state index is -0.158. The molecule has 0 saturated carbocycles. The highest BCUT2D eigenvalue weighted by Gasteiger charge is 1.96. The molecule has 0 unspecified atom stereocenters. The van der Waals surface area contributed by atoms with Crippen LogP contribution in [-0.4, -0.2) is 13.1 Å². The van der Waals surface area contributed by atoms with E-state index in [4.69, 9.17) is 0 Å². The zero-order valence-electron chi connectivity index (χ0n) is 8.93. The molecule has 0 rings (SSSR count). The predicted octanol–water partition coefficient (Wildman–Crippen LogP) is 3.08. The Balaban J connectivity index is 3.56. The number of hydrogen-bond donors (Lipinski definition) is 0. The van der Waals surface area contributed by atoms with Crippen molar-refractivity contribution in [3.8, 4) is 0 Å². The maximum absolute atomic E-state index is 10.8. The Morgan fingerprint density at radius 2 is 2.08 bits per heavy atom. The molecule has 0 spiro atoms. The van der Waals surface area contributed by atoms with Crippen LogP contribution in [0.1, 0.15) is 46.0 Å². The molecule has 0 fully saturated rings. The number of unbranched alkanes of at least 4 members (excludes halogenated alkanes) is 2. The summed E-state index contributed by atoms with van der Waals surface area (Å²) in [6.07, 6.45) is 7.20. The van der Waals surface area contributed by atoms with Crippen molar-refractivity contribution in [1.82, 2.24) is 0 Å². The summed E-state index contributed by atoms with van der Waals surface area (Å²) in [7, 11) is 1.42. The van der Waals surface area contributed by atoms with Crippen LogP contribution in [0.2, 0.25) is 0 Å². The summed E-state index contributed by atoms with van der Waals surface area (Å²) in [4.78, 5) is 10.8. The molecular formula is C11H20O2. The fourth-order valence-corrected chi connectivity index (χ4v) is 1.10. The summed E-state index contributed by atoms with van der Waals surface area (Å²) in [5, 5.41) is 0. The summed E-state index contributed by atoms with van der Waals surface area (Å²) >= 11 is 0. The van der Waals surface area contributed by atoms with E-state index in [-0.39, 0.29) is 5.97 Å². The van der Waals surface area contributed by atoms with Crippen molar-refractivity contribution in [2.45, 2.75) is 46.0 Å². The highest BCUT2D eigenvalue weighted by molar-refractivity contribution is 5.71. The van der Waals surface area contributed by atoms with Crippen molar-refractivity contribution >= 4 is 5.97 Å². The van der Waals surface area contributed by atoms with Crippen LogP contribution in [0.25, 0.3) is 0 Å². The van der Waals surface area contributed by atoms with Gasteiger partial charge in [0.25, 0.3) is 0 Å². The highest BCUT2D eigenvalue weighted by Crippen LogP contribution is 2.08. The summed E-state index contributed by atoms with van der Waals surface area (Å²) < 4.78 is 4.54. The standard InChI is InChI=1S/C11H20O2/c1-4-5-6-7-10(2)8-9-11(12)13-3/h8H,4-7,9H2,1-3H3/b10-8-. The van der Waals surface area contributed by atoms with E-state index >= 15 is 0 Å². The number of carbonyl (C=O) groups excluding carboxylic acids is 1. The van der Waals surface area contributed by atoms with Crippen LogP contribution in [-0.2, 0) is 9.53 Å². The average molecular weight is 184 g/mol. The molecule has 2 nitrogen and oxygen atoms in total. The molecule has 0 N–H and O–H groups in total. The summed E-state index contributed by atoms with van der Waals surface area (Å²) in [5.74, 6) is -0.158. The fourth-order valence-electron chi connectivity index (χ4n) is 1.10. The molecule has 0 atom stereocenters. The second-order valence-corrected chi connectivity index (χ2v) is 3.29. The van der Waals surface area contributed by atoms with Crippen LogP contribution in [0.5, 0.6) is 0 Å². The molecular weight excluding hydrogens is 164 g/mol. The van der Waals surface area contributed by atoms with Gasteiger partial charge in [0.1, 0.15) is 0 Å². The Hall–Kier alpha value is -0.790. The second kappa shape index (κ2) is 7.84. The molecule has 0 amide bonds. The summed E-state index contributed by atoms with van der Waals surface area (Å²) in [5.41, 5.74) is 1.29. The van der Waals surface area contributed by atoms with Crippen LogP contribution in [0.3, 0.4) is 0 Å². The Kier molecular flexibility index (Phi) is 7.36. The molecule has 0 aliphatic carbocycles. The molecule has 0 aromatic carbocycles. The molecule has 0 radical (unpaired) electrons. The van der Waals surface area contributed by atoms with Gasteiger partial charge in [0.2, 0.25) is 0 Å². The van der Waals surface area contributed by atoms with Crippen molar-refractivity contribution < 1.29 is 9.53 Å². The molecule has 0 aromatic heterocycles. The first-order valence-electron chi connectivity index (χ1n) is 4.93.